The molecule has 1 heterocycles. The van der Waals surface area contributed by atoms with Crippen LogP contribution in [0.5, 0.6) is 0 Å². The van der Waals surface area contributed by atoms with Gasteiger partial charge in [-0.05, 0) is 25.8 Å². The number of hydrogen-bond donors (Lipinski definition) is 0. The Hall–Kier alpha value is -1.35. The van der Waals surface area contributed by atoms with Crippen molar-refractivity contribution >= 4 is 5.91 Å². The fraction of sp³-hybridized carbons (Fsp3) is 0.588. The van der Waals surface area contributed by atoms with Crippen LogP contribution >= 0.6 is 0 Å². The van der Waals surface area contributed by atoms with Gasteiger partial charge in [0.1, 0.15) is 0 Å². The smallest absolute Gasteiger partial charge is 0.222 e. The molecule has 0 aliphatic carbocycles. The summed E-state index contributed by atoms with van der Waals surface area (Å²) in [5, 5.41) is 0. The fourth-order valence-corrected chi connectivity index (χ4v) is 3.04. The molecule has 1 aromatic rings. The molecular formula is C17H26N2O. The molecule has 3 heteroatoms. The third kappa shape index (κ3) is 3.60. The van der Waals surface area contributed by atoms with Crippen LogP contribution in [0, 0.1) is 0 Å². The van der Waals surface area contributed by atoms with Crippen molar-refractivity contribution in [2.24, 2.45) is 0 Å². The minimum Gasteiger partial charge on any atom is -0.340 e. The maximum Gasteiger partial charge on any atom is 0.222 e. The number of amides is 1. The summed E-state index contributed by atoms with van der Waals surface area (Å²) in [4.78, 5) is 16.6. The van der Waals surface area contributed by atoms with Gasteiger partial charge < -0.3 is 4.90 Å². The monoisotopic (exact) mass is 274 g/mol. The third-order valence-electron chi connectivity index (χ3n) is 4.13. The molecule has 1 aromatic carbocycles. The van der Waals surface area contributed by atoms with Gasteiger partial charge in [0.15, 0.2) is 0 Å². The van der Waals surface area contributed by atoms with Crippen LogP contribution in [0.1, 0.15) is 39.2 Å². The van der Waals surface area contributed by atoms with Gasteiger partial charge >= 0.3 is 0 Å². The first-order chi connectivity index (χ1) is 9.61. The van der Waals surface area contributed by atoms with Gasteiger partial charge in [0, 0.05) is 38.1 Å². The van der Waals surface area contributed by atoms with Crippen LogP contribution in [0.3, 0.4) is 0 Å². The van der Waals surface area contributed by atoms with Crippen molar-refractivity contribution in [2.75, 3.05) is 13.1 Å². The summed E-state index contributed by atoms with van der Waals surface area (Å²) < 4.78 is 0. The van der Waals surface area contributed by atoms with E-state index in [0.29, 0.717) is 24.4 Å². The van der Waals surface area contributed by atoms with Gasteiger partial charge in [-0.1, -0.05) is 37.3 Å². The lowest BCUT2D eigenvalue weighted by Gasteiger charge is -2.44. The predicted molar refractivity (Wildman–Crippen MR) is 82.4 cm³/mol. The molecule has 0 spiro atoms. The number of rotatable bonds is 4. The van der Waals surface area contributed by atoms with Crippen molar-refractivity contribution in [3.63, 3.8) is 0 Å². The van der Waals surface area contributed by atoms with Gasteiger partial charge in [0.2, 0.25) is 5.91 Å². The van der Waals surface area contributed by atoms with E-state index in [-0.39, 0.29) is 0 Å². The lowest BCUT2D eigenvalue weighted by Crippen LogP contribution is -2.57. The number of carbonyl (C=O) groups is 1. The van der Waals surface area contributed by atoms with Crippen LogP contribution in [0.2, 0.25) is 0 Å². The van der Waals surface area contributed by atoms with Gasteiger partial charge in [-0.3, -0.25) is 9.69 Å². The highest BCUT2D eigenvalue weighted by atomic mass is 16.2. The molecule has 2 atom stereocenters. The summed E-state index contributed by atoms with van der Waals surface area (Å²) in [6.45, 7) is 9.21. The fourth-order valence-electron chi connectivity index (χ4n) is 3.04. The average Bonchev–Trinajstić information content (AvgIpc) is 2.44. The van der Waals surface area contributed by atoms with E-state index in [2.05, 4.69) is 56.0 Å². The quantitative estimate of drug-likeness (QED) is 0.843. The highest BCUT2D eigenvalue weighted by molar-refractivity contribution is 5.76. The summed E-state index contributed by atoms with van der Waals surface area (Å²) in [7, 11) is 0. The van der Waals surface area contributed by atoms with Gasteiger partial charge in [-0.15, -0.1) is 0 Å². The zero-order valence-electron chi connectivity index (χ0n) is 12.9. The van der Waals surface area contributed by atoms with Crippen LogP contribution in [-0.2, 0) is 11.3 Å². The Morgan fingerprint density at radius 2 is 1.75 bits per heavy atom. The standard InChI is InChI=1S/C17H26N2O/c1-4-8-17(20)18-11-14(2)19(15(3)12-18)13-16-9-6-5-7-10-16/h5-7,9-10,14-15H,4,8,11-13H2,1-3H3. The molecule has 2 unspecified atom stereocenters. The molecule has 2 rings (SSSR count). The number of nitrogens with zero attached hydrogens (tertiary/aromatic N) is 2. The second-order valence-electron chi connectivity index (χ2n) is 5.90. The van der Waals surface area contributed by atoms with E-state index in [1.54, 1.807) is 0 Å². The molecule has 110 valence electrons. The van der Waals surface area contributed by atoms with E-state index in [1.807, 2.05) is 4.90 Å². The van der Waals surface area contributed by atoms with E-state index in [0.717, 1.165) is 26.1 Å². The number of piperazine rings is 1. The topological polar surface area (TPSA) is 23.6 Å². The molecule has 1 amide bonds. The number of benzene rings is 1. The van der Waals surface area contributed by atoms with Crippen molar-refractivity contribution in [3.05, 3.63) is 35.9 Å². The Labute approximate surface area is 122 Å². The summed E-state index contributed by atoms with van der Waals surface area (Å²) >= 11 is 0. The maximum absolute atomic E-state index is 12.1. The van der Waals surface area contributed by atoms with E-state index in [1.165, 1.54) is 5.56 Å². The maximum atomic E-state index is 12.1. The van der Waals surface area contributed by atoms with Crippen molar-refractivity contribution in [1.29, 1.82) is 0 Å². The molecule has 1 saturated heterocycles. The predicted octanol–water partition coefficient (Wildman–Crippen LogP) is 2.91. The van der Waals surface area contributed by atoms with Crippen molar-refractivity contribution in [1.82, 2.24) is 9.80 Å². The first-order valence-electron chi connectivity index (χ1n) is 7.69. The summed E-state index contributed by atoms with van der Waals surface area (Å²) in [5.41, 5.74) is 1.35. The van der Waals surface area contributed by atoms with Crippen molar-refractivity contribution < 1.29 is 4.79 Å². The third-order valence-corrected chi connectivity index (χ3v) is 4.13. The Bertz CT molecular complexity index is 420. The zero-order valence-corrected chi connectivity index (χ0v) is 12.9. The number of hydrogen-bond acceptors (Lipinski definition) is 2. The lowest BCUT2D eigenvalue weighted by atomic mass is 10.1. The molecule has 0 saturated carbocycles. The van der Waals surface area contributed by atoms with Crippen LogP contribution in [0.4, 0.5) is 0 Å². The first-order valence-corrected chi connectivity index (χ1v) is 7.69. The van der Waals surface area contributed by atoms with Gasteiger partial charge in [0.25, 0.3) is 0 Å². The SMILES string of the molecule is CCCC(=O)N1CC(C)N(Cc2ccccc2)C(C)C1. The lowest BCUT2D eigenvalue weighted by molar-refractivity contribution is -0.135. The summed E-state index contributed by atoms with van der Waals surface area (Å²) in [6, 6.07) is 11.4. The Morgan fingerprint density at radius 3 is 2.30 bits per heavy atom. The summed E-state index contributed by atoms with van der Waals surface area (Å²) in [5.74, 6) is 0.311. The minimum atomic E-state index is 0.311. The number of carbonyl (C=O) groups excluding carboxylic acids is 1. The molecule has 1 aliphatic rings. The zero-order chi connectivity index (χ0) is 14.5. The van der Waals surface area contributed by atoms with Gasteiger partial charge in [-0.25, -0.2) is 0 Å². The first kappa shape index (κ1) is 15.0. The van der Waals surface area contributed by atoms with Crippen LogP contribution in [0.25, 0.3) is 0 Å². The van der Waals surface area contributed by atoms with Crippen molar-refractivity contribution in [2.45, 2.75) is 52.2 Å². The Morgan fingerprint density at radius 1 is 1.15 bits per heavy atom. The molecular weight excluding hydrogens is 248 g/mol. The Kier molecular flexibility index (Phi) is 5.18. The van der Waals surface area contributed by atoms with Crippen molar-refractivity contribution in [3.8, 4) is 0 Å². The van der Waals surface area contributed by atoms with E-state index in [4.69, 9.17) is 0 Å². The van der Waals surface area contributed by atoms with Gasteiger partial charge in [0.05, 0.1) is 0 Å². The minimum absolute atomic E-state index is 0.311. The van der Waals surface area contributed by atoms with E-state index < -0.39 is 0 Å². The second-order valence-corrected chi connectivity index (χ2v) is 5.90. The van der Waals surface area contributed by atoms with Crippen LogP contribution < -0.4 is 0 Å². The normalized spacial score (nSPS) is 23.9. The Balaban J connectivity index is 1.98. The van der Waals surface area contributed by atoms with E-state index >= 15 is 0 Å². The molecule has 0 radical (unpaired) electrons. The second kappa shape index (κ2) is 6.89. The molecule has 1 aliphatic heterocycles. The highest BCUT2D eigenvalue weighted by Gasteiger charge is 2.31. The summed E-state index contributed by atoms with van der Waals surface area (Å²) in [6.07, 6.45) is 1.62. The van der Waals surface area contributed by atoms with E-state index in [9.17, 15) is 4.79 Å². The molecule has 0 bridgehead atoms. The average molecular weight is 274 g/mol. The molecule has 0 N–H and O–H groups in total. The molecule has 1 fully saturated rings. The molecule has 3 nitrogen and oxygen atoms in total. The molecule has 0 aromatic heterocycles. The van der Waals surface area contributed by atoms with Gasteiger partial charge in [-0.2, -0.15) is 0 Å². The largest absolute Gasteiger partial charge is 0.340 e. The molecule has 20 heavy (non-hydrogen) atoms. The van der Waals surface area contributed by atoms with Crippen LogP contribution in [0.15, 0.2) is 30.3 Å². The highest BCUT2D eigenvalue weighted by Crippen LogP contribution is 2.19. The van der Waals surface area contributed by atoms with Crippen LogP contribution in [-0.4, -0.2) is 40.9 Å².